The van der Waals surface area contributed by atoms with Crippen LogP contribution in [-0.4, -0.2) is 35.0 Å². The monoisotopic (exact) mass is 307 g/mol. The number of piperidine rings is 1. The number of carboxylic acid groups (broad SMARTS) is 1. The van der Waals surface area contributed by atoms with Crippen molar-refractivity contribution in [3.8, 4) is 0 Å². The number of hydrogen-bond donors (Lipinski definition) is 1. The Morgan fingerprint density at radius 1 is 1.45 bits per heavy atom. The van der Waals surface area contributed by atoms with Crippen LogP contribution in [0.4, 0.5) is 4.39 Å². The van der Waals surface area contributed by atoms with Crippen molar-refractivity contribution in [2.75, 3.05) is 13.1 Å². The lowest BCUT2D eigenvalue weighted by Gasteiger charge is -2.38. The number of likely N-dealkylation sites (tertiary alicyclic amines) is 1. The largest absolute Gasteiger partial charge is 0.481 e. The van der Waals surface area contributed by atoms with Gasteiger partial charge in [0.25, 0.3) is 0 Å². The number of halogens is 1. The molecule has 5 heteroatoms. The number of aliphatic carboxylic acids is 1. The molecule has 2 atom stereocenters. The van der Waals surface area contributed by atoms with Crippen LogP contribution >= 0.6 is 0 Å². The van der Waals surface area contributed by atoms with E-state index in [1.807, 2.05) is 6.92 Å². The number of carboxylic acids is 1. The van der Waals surface area contributed by atoms with Gasteiger partial charge < -0.3 is 10.0 Å². The summed E-state index contributed by atoms with van der Waals surface area (Å²) < 4.78 is 13.2. The third kappa shape index (κ3) is 3.64. The maximum Gasteiger partial charge on any atom is 0.311 e. The molecule has 2 unspecified atom stereocenters. The predicted molar refractivity (Wildman–Crippen MR) is 81.0 cm³/mol. The minimum Gasteiger partial charge on any atom is -0.481 e. The molecule has 1 fully saturated rings. The van der Waals surface area contributed by atoms with Crippen LogP contribution in [0.3, 0.4) is 0 Å². The second-order valence-electron chi connectivity index (χ2n) is 6.44. The molecule has 1 aromatic rings. The van der Waals surface area contributed by atoms with Gasteiger partial charge in [-0.3, -0.25) is 9.59 Å². The minimum atomic E-state index is -0.865. The van der Waals surface area contributed by atoms with Crippen molar-refractivity contribution in [1.29, 1.82) is 0 Å². The van der Waals surface area contributed by atoms with E-state index in [9.17, 15) is 19.1 Å². The van der Waals surface area contributed by atoms with E-state index in [2.05, 4.69) is 0 Å². The number of carbonyl (C=O) groups is 2. The lowest BCUT2D eigenvalue weighted by atomic mass is 9.81. The fraction of sp³-hybridized carbons (Fsp3) is 0.529. The molecule has 1 aromatic carbocycles. The quantitative estimate of drug-likeness (QED) is 0.930. The maximum atomic E-state index is 13.2. The van der Waals surface area contributed by atoms with Crippen LogP contribution in [0.15, 0.2) is 24.3 Å². The summed E-state index contributed by atoms with van der Waals surface area (Å²) in [5, 5.41) is 9.31. The zero-order chi connectivity index (χ0) is 16.3. The highest BCUT2D eigenvalue weighted by Gasteiger charge is 2.39. The van der Waals surface area contributed by atoms with Gasteiger partial charge in [-0.15, -0.1) is 0 Å². The molecule has 0 spiro atoms. The van der Waals surface area contributed by atoms with E-state index in [-0.39, 0.29) is 30.6 Å². The molecule has 120 valence electrons. The Balaban J connectivity index is 2.01. The van der Waals surface area contributed by atoms with Crippen LogP contribution in [0.25, 0.3) is 0 Å². The van der Waals surface area contributed by atoms with Crippen molar-refractivity contribution in [3.63, 3.8) is 0 Å². The van der Waals surface area contributed by atoms with E-state index in [0.29, 0.717) is 19.4 Å². The first-order valence-electron chi connectivity index (χ1n) is 7.58. The first-order chi connectivity index (χ1) is 10.3. The molecule has 1 amide bonds. The second kappa shape index (κ2) is 6.46. The highest BCUT2D eigenvalue weighted by Crippen LogP contribution is 2.31. The van der Waals surface area contributed by atoms with Crippen LogP contribution in [0.1, 0.15) is 44.6 Å². The molecule has 0 aliphatic carbocycles. The predicted octanol–water partition coefficient (Wildman–Crippen LogP) is 3.03. The first-order valence-corrected chi connectivity index (χ1v) is 7.58. The average molecular weight is 307 g/mol. The van der Waals surface area contributed by atoms with E-state index in [4.69, 9.17) is 0 Å². The highest BCUT2D eigenvalue weighted by molar-refractivity contribution is 5.80. The maximum absolute atomic E-state index is 13.2. The van der Waals surface area contributed by atoms with Crippen molar-refractivity contribution in [3.05, 3.63) is 35.6 Å². The van der Waals surface area contributed by atoms with Crippen molar-refractivity contribution in [1.82, 2.24) is 4.90 Å². The molecule has 1 aliphatic heterocycles. The molecule has 22 heavy (non-hydrogen) atoms. The zero-order valence-corrected chi connectivity index (χ0v) is 13.0. The lowest BCUT2D eigenvalue weighted by molar-refractivity contribution is -0.153. The number of hydrogen-bond acceptors (Lipinski definition) is 2. The van der Waals surface area contributed by atoms with Crippen molar-refractivity contribution < 1.29 is 19.1 Å². The van der Waals surface area contributed by atoms with Crippen LogP contribution in [0.5, 0.6) is 0 Å². The van der Waals surface area contributed by atoms with Crippen LogP contribution in [0.2, 0.25) is 0 Å². The van der Waals surface area contributed by atoms with Gasteiger partial charge in [0.1, 0.15) is 5.82 Å². The summed E-state index contributed by atoms with van der Waals surface area (Å²) in [6.45, 7) is 4.41. The lowest BCUT2D eigenvalue weighted by Crippen LogP contribution is -2.48. The zero-order valence-electron chi connectivity index (χ0n) is 13.0. The van der Waals surface area contributed by atoms with E-state index in [1.54, 1.807) is 24.0 Å². The fourth-order valence-corrected chi connectivity index (χ4v) is 2.95. The summed E-state index contributed by atoms with van der Waals surface area (Å²) in [5.41, 5.74) is -0.0814. The van der Waals surface area contributed by atoms with Gasteiger partial charge in [0.2, 0.25) is 5.91 Å². The Kier molecular flexibility index (Phi) is 4.84. The van der Waals surface area contributed by atoms with E-state index in [1.165, 1.54) is 12.1 Å². The van der Waals surface area contributed by atoms with Gasteiger partial charge in [-0.1, -0.05) is 19.1 Å². The summed E-state index contributed by atoms with van der Waals surface area (Å²) in [5.74, 6) is -1.33. The molecule has 1 saturated heterocycles. The third-order valence-corrected chi connectivity index (χ3v) is 4.46. The summed E-state index contributed by atoms with van der Waals surface area (Å²) in [6, 6.07) is 6.25. The summed E-state index contributed by atoms with van der Waals surface area (Å²) in [4.78, 5) is 25.4. The Bertz CT molecular complexity index is 575. The third-order valence-electron chi connectivity index (χ3n) is 4.46. The Morgan fingerprint density at radius 2 is 2.18 bits per heavy atom. The second-order valence-corrected chi connectivity index (χ2v) is 6.44. The first kappa shape index (κ1) is 16.5. The molecule has 0 aromatic heterocycles. The minimum absolute atomic E-state index is 0.0658. The average Bonchev–Trinajstić information content (AvgIpc) is 2.47. The van der Waals surface area contributed by atoms with Gasteiger partial charge in [0.05, 0.1) is 5.41 Å². The van der Waals surface area contributed by atoms with Crippen molar-refractivity contribution >= 4 is 11.9 Å². The number of carbonyl (C=O) groups excluding carboxylic acids is 1. The number of benzene rings is 1. The number of amides is 1. The van der Waals surface area contributed by atoms with Crippen molar-refractivity contribution in [2.24, 2.45) is 5.41 Å². The standard InChI is InChI=1S/C17H22FNO3/c1-12(13-5-3-6-14(18)10-13)9-15(20)19-8-4-7-17(2,11-19)16(21)22/h3,5-6,10,12H,4,7-9,11H2,1-2H3,(H,21,22). The normalized spacial score (nSPS) is 23.1. The van der Waals surface area contributed by atoms with E-state index in [0.717, 1.165) is 5.56 Å². The summed E-state index contributed by atoms with van der Waals surface area (Å²) >= 11 is 0. The van der Waals surface area contributed by atoms with Gasteiger partial charge in [0.15, 0.2) is 0 Å². The van der Waals surface area contributed by atoms with Gasteiger partial charge in [-0.2, -0.15) is 0 Å². The van der Waals surface area contributed by atoms with Crippen molar-refractivity contribution in [2.45, 2.75) is 39.0 Å². The molecule has 0 saturated carbocycles. The Hall–Kier alpha value is -1.91. The number of rotatable bonds is 4. The van der Waals surface area contributed by atoms with E-state index >= 15 is 0 Å². The van der Waals surface area contributed by atoms with Gasteiger partial charge >= 0.3 is 5.97 Å². The SMILES string of the molecule is CC(CC(=O)N1CCCC(C)(C(=O)O)C1)c1cccc(F)c1. The fourth-order valence-electron chi connectivity index (χ4n) is 2.95. The van der Waals surface area contributed by atoms with Crippen LogP contribution in [-0.2, 0) is 9.59 Å². The molecule has 0 bridgehead atoms. The molecular weight excluding hydrogens is 285 g/mol. The molecular formula is C17H22FNO3. The van der Waals surface area contributed by atoms with Crippen LogP contribution < -0.4 is 0 Å². The van der Waals surface area contributed by atoms with Gasteiger partial charge in [0, 0.05) is 19.5 Å². The number of nitrogens with zero attached hydrogens (tertiary/aromatic N) is 1. The van der Waals surface area contributed by atoms with E-state index < -0.39 is 11.4 Å². The molecule has 4 nitrogen and oxygen atoms in total. The topological polar surface area (TPSA) is 57.6 Å². The van der Waals surface area contributed by atoms with Crippen LogP contribution in [0, 0.1) is 11.2 Å². The molecule has 1 N–H and O–H groups in total. The highest BCUT2D eigenvalue weighted by atomic mass is 19.1. The Morgan fingerprint density at radius 3 is 2.82 bits per heavy atom. The molecule has 1 heterocycles. The molecule has 1 aliphatic rings. The summed E-state index contributed by atoms with van der Waals surface area (Å²) in [6.07, 6.45) is 1.55. The van der Waals surface area contributed by atoms with Gasteiger partial charge in [-0.05, 0) is 43.4 Å². The molecule has 0 radical (unpaired) electrons. The molecule has 2 rings (SSSR count). The smallest absolute Gasteiger partial charge is 0.311 e. The summed E-state index contributed by atoms with van der Waals surface area (Å²) in [7, 11) is 0. The van der Waals surface area contributed by atoms with Gasteiger partial charge in [-0.25, -0.2) is 4.39 Å². The Labute approximate surface area is 129 Å².